The van der Waals surface area contributed by atoms with Crippen molar-refractivity contribution in [2.45, 2.75) is 32.4 Å². The van der Waals surface area contributed by atoms with Crippen LogP contribution in [0, 0.1) is 0 Å². The zero-order valence-corrected chi connectivity index (χ0v) is 23.0. The van der Waals surface area contributed by atoms with E-state index in [0.29, 0.717) is 30.3 Å². The van der Waals surface area contributed by atoms with E-state index in [1.807, 2.05) is 42.5 Å². The molecule has 0 bridgehead atoms. The Morgan fingerprint density at radius 3 is 2.52 bits per heavy atom. The van der Waals surface area contributed by atoms with E-state index in [1.54, 1.807) is 62.6 Å². The molecule has 0 saturated carbocycles. The quantitative estimate of drug-likeness (QED) is 0.220. The van der Waals surface area contributed by atoms with E-state index in [-0.39, 0.29) is 18.5 Å². The predicted octanol–water partition coefficient (Wildman–Crippen LogP) is 4.60. The minimum Gasteiger partial charge on any atom is -0.493 e. The van der Waals surface area contributed by atoms with Crippen LogP contribution < -0.4 is 19.7 Å². The normalized spacial score (nSPS) is 14.7. The summed E-state index contributed by atoms with van der Waals surface area (Å²) in [5.74, 6) is 0.691. The lowest BCUT2D eigenvalue weighted by molar-refractivity contribution is -0.123. The van der Waals surface area contributed by atoms with Gasteiger partial charge < -0.3 is 19.7 Å². The molecule has 1 N–H and O–H groups in total. The Kier molecular flexibility index (Phi) is 7.93. The van der Waals surface area contributed by atoms with Gasteiger partial charge in [-0.25, -0.2) is 9.69 Å². The molecule has 0 radical (unpaired) electrons. The molecule has 1 fully saturated rings. The number of amides is 3. The van der Waals surface area contributed by atoms with Crippen molar-refractivity contribution in [3.05, 3.63) is 90.4 Å². The van der Waals surface area contributed by atoms with Crippen molar-refractivity contribution in [1.29, 1.82) is 0 Å². The standard InChI is InChI=1S/C31H33N5O4/c1-31(2)29(37)36(30(38)35(31)21-23-13-17-34-26-7-5-4-6-25(23)26)24-8-9-27(39-3)28(20-24)40-19-18-33-16-12-22-10-14-32-15-11-22/h4-11,13-15,17,20,33H,12,16,18-19,21H2,1-3H3. The van der Waals surface area contributed by atoms with Crippen molar-refractivity contribution in [1.82, 2.24) is 20.2 Å². The largest absolute Gasteiger partial charge is 0.493 e. The van der Waals surface area contributed by atoms with E-state index in [0.717, 1.165) is 29.4 Å². The fraction of sp³-hybridized carbons (Fsp3) is 0.290. The first-order valence-corrected chi connectivity index (χ1v) is 13.3. The number of methoxy groups -OCH3 is 1. The number of carbonyl (C=O) groups is 2. The third-order valence-corrected chi connectivity index (χ3v) is 7.17. The van der Waals surface area contributed by atoms with Gasteiger partial charge in [0, 0.05) is 43.1 Å². The summed E-state index contributed by atoms with van der Waals surface area (Å²) in [7, 11) is 1.56. The van der Waals surface area contributed by atoms with Crippen molar-refractivity contribution in [2.75, 3.05) is 31.7 Å². The average molecular weight is 540 g/mol. The fourth-order valence-electron chi connectivity index (χ4n) is 4.85. The highest BCUT2D eigenvalue weighted by molar-refractivity contribution is 6.23. The van der Waals surface area contributed by atoms with Gasteiger partial charge in [0.2, 0.25) is 0 Å². The Labute approximate surface area is 233 Å². The van der Waals surface area contributed by atoms with E-state index in [9.17, 15) is 9.59 Å². The SMILES string of the molecule is COc1ccc(N2C(=O)N(Cc3ccnc4ccccc34)C(C)(C)C2=O)cc1OCCNCCc1ccncc1. The summed E-state index contributed by atoms with van der Waals surface area (Å²) in [6.45, 7) is 5.65. The van der Waals surface area contributed by atoms with Crippen LogP contribution in [-0.4, -0.2) is 59.2 Å². The predicted molar refractivity (Wildman–Crippen MR) is 154 cm³/mol. The number of urea groups is 1. The highest BCUT2D eigenvalue weighted by atomic mass is 16.5. The van der Waals surface area contributed by atoms with Gasteiger partial charge >= 0.3 is 6.03 Å². The maximum atomic E-state index is 13.7. The number of anilines is 1. The molecule has 206 valence electrons. The number of nitrogens with one attached hydrogen (secondary N) is 1. The van der Waals surface area contributed by atoms with Crippen molar-refractivity contribution >= 4 is 28.5 Å². The van der Waals surface area contributed by atoms with Crippen LogP contribution in [0.5, 0.6) is 11.5 Å². The van der Waals surface area contributed by atoms with Crippen LogP contribution in [0.3, 0.4) is 0 Å². The van der Waals surface area contributed by atoms with Gasteiger partial charge in [-0.2, -0.15) is 0 Å². The summed E-state index contributed by atoms with van der Waals surface area (Å²) in [5, 5.41) is 4.31. The van der Waals surface area contributed by atoms with E-state index in [4.69, 9.17) is 9.47 Å². The molecule has 1 aliphatic heterocycles. The summed E-state index contributed by atoms with van der Waals surface area (Å²) in [6, 6.07) is 18.4. The summed E-state index contributed by atoms with van der Waals surface area (Å²) in [5.41, 5.74) is 2.38. The number of aromatic nitrogens is 2. The first-order valence-electron chi connectivity index (χ1n) is 13.3. The van der Waals surface area contributed by atoms with E-state index in [2.05, 4.69) is 15.3 Å². The van der Waals surface area contributed by atoms with Gasteiger partial charge in [0.15, 0.2) is 11.5 Å². The van der Waals surface area contributed by atoms with Crippen LogP contribution >= 0.6 is 0 Å². The van der Waals surface area contributed by atoms with Crippen molar-refractivity contribution in [2.24, 2.45) is 0 Å². The lowest BCUT2D eigenvalue weighted by Crippen LogP contribution is -2.43. The zero-order valence-electron chi connectivity index (χ0n) is 23.0. The molecule has 9 nitrogen and oxygen atoms in total. The number of imide groups is 1. The van der Waals surface area contributed by atoms with E-state index in [1.165, 1.54) is 10.5 Å². The number of carbonyl (C=O) groups excluding carboxylic acids is 2. The molecule has 0 spiro atoms. The first-order chi connectivity index (χ1) is 19.4. The molecule has 4 aromatic rings. The molecule has 0 atom stereocenters. The number of rotatable bonds is 11. The molecule has 1 aliphatic rings. The second kappa shape index (κ2) is 11.7. The molecular formula is C31H33N5O4. The van der Waals surface area contributed by atoms with Crippen LogP contribution in [0.4, 0.5) is 10.5 Å². The Morgan fingerprint density at radius 1 is 0.925 bits per heavy atom. The molecular weight excluding hydrogens is 506 g/mol. The number of benzene rings is 2. The van der Waals surface area contributed by atoms with Gasteiger partial charge in [-0.3, -0.25) is 14.8 Å². The van der Waals surface area contributed by atoms with Crippen LogP contribution in [0.25, 0.3) is 10.9 Å². The third kappa shape index (κ3) is 5.46. The molecule has 40 heavy (non-hydrogen) atoms. The lowest BCUT2D eigenvalue weighted by Gasteiger charge is -2.28. The first kappa shape index (κ1) is 27.1. The fourth-order valence-corrected chi connectivity index (χ4v) is 4.85. The Bertz CT molecular complexity index is 1500. The van der Waals surface area contributed by atoms with Crippen LogP contribution in [-0.2, 0) is 17.8 Å². The third-order valence-electron chi connectivity index (χ3n) is 7.17. The molecule has 2 aromatic carbocycles. The van der Waals surface area contributed by atoms with Gasteiger partial charge in [-0.05, 0) is 74.3 Å². The molecule has 9 heteroatoms. The Hall–Kier alpha value is -4.50. The van der Waals surface area contributed by atoms with Gasteiger partial charge in [0.05, 0.1) is 18.3 Å². The van der Waals surface area contributed by atoms with Crippen molar-refractivity contribution in [3.8, 4) is 11.5 Å². The summed E-state index contributed by atoms with van der Waals surface area (Å²) in [4.78, 5) is 38.6. The van der Waals surface area contributed by atoms with Crippen LogP contribution in [0.15, 0.2) is 79.3 Å². The van der Waals surface area contributed by atoms with Gasteiger partial charge in [-0.15, -0.1) is 0 Å². The van der Waals surface area contributed by atoms with Gasteiger partial charge in [-0.1, -0.05) is 18.2 Å². The van der Waals surface area contributed by atoms with E-state index >= 15 is 0 Å². The van der Waals surface area contributed by atoms with Crippen LogP contribution in [0.2, 0.25) is 0 Å². The topological polar surface area (TPSA) is 96.9 Å². The summed E-state index contributed by atoms with van der Waals surface area (Å²) in [6.07, 6.45) is 6.19. The number of para-hydroxylation sites is 1. The molecule has 0 unspecified atom stereocenters. The number of hydrogen-bond acceptors (Lipinski definition) is 7. The molecule has 5 rings (SSSR count). The molecule has 2 aromatic heterocycles. The summed E-state index contributed by atoms with van der Waals surface area (Å²) >= 11 is 0. The van der Waals surface area contributed by atoms with Crippen LogP contribution in [0.1, 0.15) is 25.0 Å². The molecule has 3 heterocycles. The number of ether oxygens (including phenoxy) is 2. The second-order valence-electron chi connectivity index (χ2n) is 10.1. The smallest absolute Gasteiger partial charge is 0.332 e. The highest BCUT2D eigenvalue weighted by Gasteiger charge is 2.52. The zero-order chi connectivity index (χ0) is 28.1. The maximum Gasteiger partial charge on any atom is 0.332 e. The van der Waals surface area contributed by atoms with Crippen molar-refractivity contribution in [3.63, 3.8) is 0 Å². The van der Waals surface area contributed by atoms with E-state index < -0.39 is 5.54 Å². The maximum absolute atomic E-state index is 13.7. The second-order valence-corrected chi connectivity index (χ2v) is 10.1. The molecule has 0 aliphatic carbocycles. The monoisotopic (exact) mass is 539 g/mol. The number of nitrogens with zero attached hydrogens (tertiary/aromatic N) is 4. The Balaban J connectivity index is 1.29. The number of hydrogen-bond donors (Lipinski definition) is 1. The van der Waals surface area contributed by atoms with Crippen molar-refractivity contribution < 1.29 is 19.1 Å². The molecule has 3 amide bonds. The number of fused-ring (bicyclic) bond motifs is 1. The van der Waals surface area contributed by atoms with Gasteiger partial charge in [0.25, 0.3) is 5.91 Å². The Morgan fingerprint density at radius 2 is 1.73 bits per heavy atom. The minimum atomic E-state index is -1.04. The number of pyridine rings is 2. The highest BCUT2D eigenvalue weighted by Crippen LogP contribution is 2.38. The lowest BCUT2D eigenvalue weighted by atomic mass is 10.0. The van der Waals surface area contributed by atoms with Gasteiger partial charge in [0.1, 0.15) is 12.1 Å². The molecule has 1 saturated heterocycles. The average Bonchev–Trinajstić information content (AvgIpc) is 3.14. The summed E-state index contributed by atoms with van der Waals surface area (Å²) < 4.78 is 11.5. The minimum absolute atomic E-state index is 0.280.